The minimum Gasteiger partial charge on any atom is -0.497 e. The van der Waals surface area contributed by atoms with Gasteiger partial charge >= 0.3 is 0 Å². The van der Waals surface area contributed by atoms with Gasteiger partial charge in [0.2, 0.25) is 0 Å². The lowest BCUT2D eigenvalue weighted by Gasteiger charge is -2.14. The maximum Gasteiger partial charge on any atom is 0.256 e. The van der Waals surface area contributed by atoms with E-state index in [1.807, 2.05) is 6.92 Å². The number of hydrogen-bond donors (Lipinski definition) is 1. The van der Waals surface area contributed by atoms with E-state index < -0.39 is 0 Å². The third-order valence-electron chi connectivity index (χ3n) is 3.63. The summed E-state index contributed by atoms with van der Waals surface area (Å²) in [5, 5.41) is 2.84. The third-order valence-corrected chi connectivity index (χ3v) is 3.63. The van der Waals surface area contributed by atoms with Gasteiger partial charge in [-0.05, 0) is 36.8 Å². The van der Waals surface area contributed by atoms with Crippen molar-refractivity contribution < 1.29 is 23.7 Å². The zero-order valence-electron chi connectivity index (χ0n) is 14.4. The Morgan fingerprint density at radius 1 is 0.833 bits per heavy atom. The fourth-order valence-electron chi connectivity index (χ4n) is 2.32. The molecule has 0 aliphatic carbocycles. The van der Waals surface area contributed by atoms with Crippen molar-refractivity contribution in [3.63, 3.8) is 0 Å². The molecular weight excluding hydrogens is 310 g/mol. The van der Waals surface area contributed by atoms with Gasteiger partial charge in [-0.25, -0.2) is 0 Å². The molecular formula is C18H21NO5. The van der Waals surface area contributed by atoms with Crippen LogP contribution in [-0.2, 0) is 0 Å². The van der Waals surface area contributed by atoms with Crippen LogP contribution in [0.25, 0.3) is 0 Å². The summed E-state index contributed by atoms with van der Waals surface area (Å²) in [6, 6.07) is 8.60. The molecule has 0 saturated carbocycles. The Morgan fingerprint density at radius 3 is 2.04 bits per heavy atom. The molecule has 6 nitrogen and oxygen atoms in total. The summed E-state index contributed by atoms with van der Waals surface area (Å²) in [4.78, 5) is 12.6. The van der Waals surface area contributed by atoms with Gasteiger partial charge in [-0.2, -0.15) is 0 Å². The first-order valence-corrected chi connectivity index (χ1v) is 7.30. The number of aryl methyl sites for hydroxylation is 1. The largest absolute Gasteiger partial charge is 0.497 e. The van der Waals surface area contributed by atoms with Crippen LogP contribution in [0.3, 0.4) is 0 Å². The minimum absolute atomic E-state index is 0.267. The topological polar surface area (TPSA) is 66.0 Å². The normalized spacial score (nSPS) is 10.0. The summed E-state index contributed by atoms with van der Waals surface area (Å²) in [7, 11) is 6.19. The molecule has 128 valence electrons. The molecule has 2 aromatic carbocycles. The Morgan fingerprint density at radius 2 is 1.46 bits per heavy atom. The van der Waals surface area contributed by atoms with Gasteiger partial charge in [0, 0.05) is 11.6 Å². The van der Waals surface area contributed by atoms with Crippen LogP contribution in [0.4, 0.5) is 5.69 Å². The number of methoxy groups -OCH3 is 4. The molecule has 24 heavy (non-hydrogen) atoms. The molecule has 2 rings (SSSR count). The van der Waals surface area contributed by atoms with Crippen molar-refractivity contribution in [1.82, 2.24) is 0 Å². The van der Waals surface area contributed by atoms with E-state index in [0.29, 0.717) is 34.2 Å². The van der Waals surface area contributed by atoms with Gasteiger partial charge in [-0.1, -0.05) is 0 Å². The fourth-order valence-corrected chi connectivity index (χ4v) is 2.32. The van der Waals surface area contributed by atoms with E-state index >= 15 is 0 Å². The smallest absolute Gasteiger partial charge is 0.256 e. The van der Waals surface area contributed by atoms with Crippen molar-refractivity contribution in [3.05, 3.63) is 41.5 Å². The van der Waals surface area contributed by atoms with Crippen molar-refractivity contribution >= 4 is 11.6 Å². The second kappa shape index (κ2) is 7.59. The van der Waals surface area contributed by atoms with Gasteiger partial charge in [0.25, 0.3) is 5.91 Å². The number of benzene rings is 2. The van der Waals surface area contributed by atoms with Crippen molar-refractivity contribution in [2.45, 2.75) is 6.92 Å². The van der Waals surface area contributed by atoms with Gasteiger partial charge in [0.1, 0.15) is 11.5 Å². The molecule has 0 unspecified atom stereocenters. The van der Waals surface area contributed by atoms with Crippen molar-refractivity contribution in [2.24, 2.45) is 0 Å². The van der Waals surface area contributed by atoms with Gasteiger partial charge < -0.3 is 24.3 Å². The number of rotatable bonds is 6. The summed E-state index contributed by atoms with van der Waals surface area (Å²) in [5.41, 5.74) is 1.82. The molecule has 1 N–H and O–H groups in total. The molecule has 0 bridgehead atoms. The fraction of sp³-hybridized carbons (Fsp3) is 0.278. The van der Waals surface area contributed by atoms with Crippen LogP contribution < -0.4 is 24.3 Å². The summed E-state index contributed by atoms with van der Waals surface area (Å²) in [6.45, 7) is 1.84. The van der Waals surface area contributed by atoms with Gasteiger partial charge in [0.05, 0.1) is 34.1 Å². The van der Waals surface area contributed by atoms with Gasteiger partial charge in [0.15, 0.2) is 11.5 Å². The lowest BCUT2D eigenvalue weighted by Crippen LogP contribution is -2.14. The summed E-state index contributed by atoms with van der Waals surface area (Å²) in [6.07, 6.45) is 0. The number of carbonyl (C=O) groups is 1. The standard InChI is InChI=1S/C18H21NO5/c1-11-8-16(23-4)17(24-5)10-13(11)18(20)19-14-7-6-12(21-2)9-15(14)22-3/h6-10H,1-5H3,(H,19,20). The van der Waals surface area contributed by atoms with Crippen LogP contribution in [0.15, 0.2) is 30.3 Å². The van der Waals surface area contributed by atoms with Crippen LogP contribution in [0.1, 0.15) is 15.9 Å². The monoisotopic (exact) mass is 331 g/mol. The average Bonchev–Trinajstić information content (AvgIpc) is 2.61. The van der Waals surface area contributed by atoms with Gasteiger partial charge in [-0.3, -0.25) is 4.79 Å². The quantitative estimate of drug-likeness (QED) is 0.880. The van der Waals surface area contributed by atoms with Crippen molar-refractivity contribution in [1.29, 1.82) is 0 Å². The predicted molar refractivity (Wildman–Crippen MR) is 91.8 cm³/mol. The number of hydrogen-bond acceptors (Lipinski definition) is 5. The average molecular weight is 331 g/mol. The van der Waals surface area contributed by atoms with E-state index in [1.165, 1.54) is 14.2 Å². The molecule has 1 amide bonds. The molecule has 6 heteroatoms. The molecule has 0 fully saturated rings. The molecule has 0 atom stereocenters. The summed E-state index contributed by atoms with van der Waals surface area (Å²) < 4.78 is 21.0. The summed E-state index contributed by atoms with van der Waals surface area (Å²) in [5.74, 6) is 1.97. The van der Waals surface area contributed by atoms with Crippen molar-refractivity contribution in [2.75, 3.05) is 33.8 Å². The lowest BCUT2D eigenvalue weighted by atomic mass is 10.1. The molecule has 0 heterocycles. The predicted octanol–water partition coefficient (Wildman–Crippen LogP) is 3.28. The van der Waals surface area contributed by atoms with Crippen LogP contribution in [0.2, 0.25) is 0 Å². The van der Waals surface area contributed by atoms with E-state index in [1.54, 1.807) is 44.6 Å². The number of nitrogens with one attached hydrogen (secondary N) is 1. The lowest BCUT2D eigenvalue weighted by molar-refractivity contribution is 0.102. The van der Waals surface area contributed by atoms with Crippen molar-refractivity contribution in [3.8, 4) is 23.0 Å². The maximum absolute atomic E-state index is 12.6. The Bertz CT molecular complexity index is 742. The zero-order chi connectivity index (χ0) is 17.7. The second-order valence-corrected chi connectivity index (χ2v) is 5.04. The Balaban J connectivity index is 2.33. The van der Waals surface area contributed by atoms with Crippen LogP contribution in [-0.4, -0.2) is 34.3 Å². The highest BCUT2D eigenvalue weighted by Gasteiger charge is 2.16. The van der Waals surface area contributed by atoms with E-state index in [2.05, 4.69) is 5.32 Å². The Hall–Kier alpha value is -2.89. The minimum atomic E-state index is -0.267. The molecule has 0 spiro atoms. The molecule has 0 aliphatic rings. The number of amides is 1. The van der Waals surface area contributed by atoms with E-state index in [0.717, 1.165) is 5.56 Å². The van der Waals surface area contributed by atoms with E-state index in [9.17, 15) is 4.79 Å². The second-order valence-electron chi connectivity index (χ2n) is 5.04. The Kier molecular flexibility index (Phi) is 5.52. The molecule has 2 aromatic rings. The van der Waals surface area contributed by atoms with Crippen LogP contribution >= 0.6 is 0 Å². The number of ether oxygens (including phenoxy) is 4. The summed E-state index contributed by atoms with van der Waals surface area (Å²) >= 11 is 0. The Labute approximate surface area is 141 Å². The van der Waals surface area contributed by atoms with Gasteiger partial charge in [-0.15, -0.1) is 0 Å². The van der Waals surface area contributed by atoms with E-state index in [4.69, 9.17) is 18.9 Å². The first-order chi connectivity index (χ1) is 11.5. The third kappa shape index (κ3) is 3.53. The molecule has 0 radical (unpaired) electrons. The highest BCUT2D eigenvalue weighted by Crippen LogP contribution is 2.32. The SMILES string of the molecule is COc1ccc(NC(=O)c2cc(OC)c(OC)cc2C)c(OC)c1. The first-order valence-electron chi connectivity index (χ1n) is 7.30. The van der Waals surface area contributed by atoms with Crippen LogP contribution in [0, 0.1) is 6.92 Å². The number of carbonyl (C=O) groups excluding carboxylic acids is 1. The maximum atomic E-state index is 12.6. The highest BCUT2D eigenvalue weighted by molar-refractivity contribution is 6.06. The van der Waals surface area contributed by atoms with Crippen LogP contribution in [0.5, 0.6) is 23.0 Å². The molecule has 0 aromatic heterocycles. The highest BCUT2D eigenvalue weighted by atomic mass is 16.5. The zero-order valence-corrected chi connectivity index (χ0v) is 14.4. The van der Waals surface area contributed by atoms with E-state index in [-0.39, 0.29) is 5.91 Å². The first kappa shape index (κ1) is 17.5. The number of anilines is 1. The molecule has 0 saturated heterocycles. The molecule has 0 aliphatic heterocycles.